The van der Waals surface area contributed by atoms with Gasteiger partial charge in [0.1, 0.15) is 5.75 Å². The molecule has 0 bridgehead atoms. The number of nitrogens with one attached hydrogen (secondary N) is 1. The van der Waals surface area contributed by atoms with Crippen LogP contribution in [-0.2, 0) is 6.54 Å². The van der Waals surface area contributed by atoms with Gasteiger partial charge in [-0.3, -0.25) is 4.99 Å². The lowest BCUT2D eigenvalue weighted by atomic mass is 9.79. The molecule has 1 aromatic rings. The molecule has 0 spiro atoms. The topological polar surface area (TPSA) is 57.1 Å². The van der Waals surface area contributed by atoms with E-state index in [4.69, 9.17) is 4.99 Å². The number of alkyl halides is 2. The van der Waals surface area contributed by atoms with Gasteiger partial charge in [-0.1, -0.05) is 26.0 Å². The second kappa shape index (κ2) is 11.7. The summed E-state index contributed by atoms with van der Waals surface area (Å²) in [6.07, 6.45) is 2.66. The van der Waals surface area contributed by atoms with Gasteiger partial charge in [-0.2, -0.15) is 8.78 Å². The lowest BCUT2D eigenvalue weighted by molar-refractivity contribution is -0.0498. The smallest absolute Gasteiger partial charge is 0.387 e. The first-order chi connectivity index (χ1) is 12.9. The number of halogens is 2. The maximum Gasteiger partial charge on any atom is 0.387 e. The summed E-state index contributed by atoms with van der Waals surface area (Å²) in [6.45, 7) is 5.61. The van der Waals surface area contributed by atoms with Crippen molar-refractivity contribution >= 4 is 5.96 Å². The number of aliphatic hydroxyl groups is 1. The molecule has 2 N–H and O–H groups in total. The molecule has 0 unspecified atom stereocenters. The summed E-state index contributed by atoms with van der Waals surface area (Å²) in [5.41, 5.74) is 0.974. The van der Waals surface area contributed by atoms with Crippen molar-refractivity contribution in [1.29, 1.82) is 0 Å². The molecule has 0 heterocycles. The molecule has 0 atom stereocenters. The van der Waals surface area contributed by atoms with Gasteiger partial charge in [0.25, 0.3) is 0 Å². The van der Waals surface area contributed by atoms with Gasteiger partial charge in [0, 0.05) is 33.3 Å². The van der Waals surface area contributed by atoms with E-state index >= 15 is 0 Å². The molecule has 0 fully saturated rings. The summed E-state index contributed by atoms with van der Waals surface area (Å²) in [5.74, 6) is 0.936. The first-order valence-electron chi connectivity index (χ1n) is 9.53. The van der Waals surface area contributed by atoms with Crippen molar-refractivity contribution < 1.29 is 18.6 Å². The third-order valence-electron chi connectivity index (χ3n) is 4.97. The second-order valence-corrected chi connectivity index (χ2v) is 6.73. The quantitative estimate of drug-likeness (QED) is 0.448. The summed E-state index contributed by atoms with van der Waals surface area (Å²) in [5, 5.41) is 12.7. The molecular formula is C20H33F2N3O2. The minimum Gasteiger partial charge on any atom is -0.435 e. The van der Waals surface area contributed by atoms with Crippen LogP contribution < -0.4 is 10.1 Å². The lowest BCUT2D eigenvalue weighted by Gasteiger charge is -2.30. The first kappa shape index (κ1) is 23.1. The van der Waals surface area contributed by atoms with Gasteiger partial charge in [0.05, 0.1) is 0 Å². The molecule has 0 saturated carbocycles. The lowest BCUT2D eigenvalue weighted by Crippen LogP contribution is -2.39. The van der Waals surface area contributed by atoms with Crippen LogP contribution in [-0.4, -0.2) is 49.3 Å². The van der Waals surface area contributed by atoms with Crippen molar-refractivity contribution in [2.75, 3.05) is 26.7 Å². The van der Waals surface area contributed by atoms with Crippen molar-refractivity contribution in [3.05, 3.63) is 29.8 Å². The predicted octanol–water partition coefficient (Wildman–Crippen LogP) is 3.87. The van der Waals surface area contributed by atoms with E-state index in [9.17, 15) is 13.9 Å². The van der Waals surface area contributed by atoms with Crippen LogP contribution in [0, 0.1) is 5.41 Å². The number of nitrogens with zero attached hydrogens (tertiary/aromatic N) is 2. The van der Waals surface area contributed by atoms with Gasteiger partial charge in [-0.05, 0) is 49.3 Å². The predicted molar refractivity (Wildman–Crippen MR) is 105 cm³/mol. The molecule has 27 heavy (non-hydrogen) atoms. The second-order valence-electron chi connectivity index (χ2n) is 6.73. The highest BCUT2D eigenvalue weighted by Crippen LogP contribution is 2.30. The van der Waals surface area contributed by atoms with Gasteiger partial charge in [-0.25, -0.2) is 0 Å². The molecule has 0 amide bonds. The number of hydrogen-bond acceptors (Lipinski definition) is 3. The molecule has 1 aromatic carbocycles. The van der Waals surface area contributed by atoms with Crippen molar-refractivity contribution in [3.8, 4) is 5.75 Å². The Labute approximate surface area is 161 Å². The maximum atomic E-state index is 12.2. The minimum absolute atomic E-state index is 0.00448. The van der Waals surface area contributed by atoms with Crippen LogP contribution >= 0.6 is 0 Å². The normalized spacial score (nSPS) is 12.4. The molecule has 7 heteroatoms. The van der Waals surface area contributed by atoms with Gasteiger partial charge in [-0.15, -0.1) is 0 Å². The highest BCUT2D eigenvalue weighted by atomic mass is 19.3. The monoisotopic (exact) mass is 385 g/mol. The molecule has 0 aliphatic rings. The highest BCUT2D eigenvalue weighted by molar-refractivity contribution is 5.79. The minimum atomic E-state index is -2.82. The molecule has 0 radical (unpaired) electrons. The summed E-state index contributed by atoms with van der Waals surface area (Å²) < 4.78 is 28.9. The van der Waals surface area contributed by atoms with Crippen molar-refractivity contribution in [2.45, 2.75) is 53.2 Å². The Balaban J connectivity index is 2.83. The number of guanidine groups is 1. The van der Waals surface area contributed by atoms with Crippen LogP contribution in [0.3, 0.4) is 0 Å². The fourth-order valence-corrected chi connectivity index (χ4v) is 2.98. The number of benzene rings is 1. The fraction of sp³-hybridized carbons (Fsp3) is 0.650. The maximum absolute atomic E-state index is 12.2. The SMILES string of the molecule is CCNC(=NCC(CC)(CC)CCO)N(C)Cc1ccc(OC(F)F)cc1. The zero-order chi connectivity index (χ0) is 20.3. The van der Waals surface area contributed by atoms with Gasteiger partial charge >= 0.3 is 6.61 Å². The number of ether oxygens (including phenoxy) is 1. The van der Waals surface area contributed by atoms with E-state index in [2.05, 4.69) is 23.9 Å². The third kappa shape index (κ3) is 7.71. The van der Waals surface area contributed by atoms with Crippen LogP contribution in [0.15, 0.2) is 29.3 Å². The molecule has 0 aliphatic heterocycles. The Hall–Kier alpha value is -1.89. The van der Waals surface area contributed by atoms with E-state index in [1.54, 1.807) is 24.3 Å². The van der Waals surface area contributed by atoms with Crippen LogP contribution in [0.2, 0.25) is 0 Å². The van der Waals surface area contributed by atoms with Gasteiger partial charge < -0.3 is 20.1 Å². The summed E-state index contributed by atoms with van der Waals surface area (Å²) in [6, 6.07) is 6.62. The van der Waals surface area contributed by atoms with Crippen molar-refractivity contribution in [2.24, 2.45) is 10.4 Å². The highest BCUT2D eigenvalue weighted by Gasteiger charge is 2.25. The molecule has 1 rings (SSSR count). The van der Waals surface area contributed by atoms with Crippen LogP contribution in [0.4, 0.5) is 8.78 Å². The van der Waals surface area contributed by atoms with E-state index < -0.39 is 6.61 Å². The summed E-state index contributed by atoms with van der Waals surface area (Å²) >= 11 is 0. The zero-order valence-electron chi connectivity index (χ0n) is 16.8. The van der Waals surface area contributed by atoms with Gasteiger partial charge in [0.15, 0.2) is 5.96 Å². The summed E-state index contributed by atoms with van der Waals surface area (Å²) in [4.78, 5) is 6.80. The number of rotatable bonds is 11. The average Bonchev–Trinajstić information content (AvgIpc) is 2.65. The van der Waals surface area contributed by atoms with Crippen LogP contribution in [0.25, 0.3) is 0 Å². The largest absolute Gasteiger partial charge is 0.435 e. The number of hydrogen-bond donors (Lipinski definition) is 2. The number of aliphatic hydroxyl groups excluding tert-OH is 1. The first-order valence-corrected chi connectivity index (χ1v) is 9.53. The Bertz CT molecular complexity index is 561. The standard InChI is InChI=1S/C20H33F2N3O2/c1-5-20(6-2,12-13-26)15-24-19(23-7-3)25(4)14-16-8-10-17(11-9-16)27-18(21)22/h8-11,18,26H,5-7,12-15H2,1-4H3,(H,23,24). The summed E-state index contributed by atoms with van der Waals surface area (Å²) in [7, 11) is 1.94. The van der Waals surface area contributed by atoms with E-state index in [0.717, 1.165) is 37.3 Å². The molecule has 0 saturated heterocycles. The van der Waals surface area contributed by atoms with Crippen LogP contribution in [0.5, 0.6) is 5.75 Å². The average molecular weight is 385 g/mol. The zero-order valence-corrected chi connectivity index (χ0v) is 16.8. The molecule has 5 nitrogen and oxygen atoms in total. The fourth-order valence-electron chi connectivity index (χ4n) is 2.98. The third-order valence-corrected chi connectivity index (χ3v) is 4.97. The molecule has 0 aliphatic carbocycles. The van der Waals surface area contributed by atoms with E-state index in [-0.39, 0.29) is 17.8 Å². The van der Waals surface area contributed by atoms with Crippen molar-refractivity contribution in [1.82, 2.24) is 10.2 Å². The molecule has 0 aromatic heterocycles. The Kier molecular flexibility index (Phi) is 10.1. The molecule has 154 valence electrons. The molecular weight excluding hydrogens is 352 g/mol. The van der Waals surface area contributed by atoms with E-state index in [1.807, 2.05) is 18.9 Å². The number of aliphatic imine (C=N–C) groups is 1. The van der Waals surface area contributed by atoms with E-state index in [1.165, 1.54) is 0 Å². The van der Waals surface area contributed by atoms with Crippen molar-refractivity contribution in [3.63, 3.8) is 0 Å². The Morgan fingerprint density at radius 3 is 2.33 bits per heavy atom. The van der Waals surface area contributed by atoms with E-state index in [0.29, 0.717) is 13.1 Å². The van der Waals surface area contributed by atoms with Gasteiger partial charge in [0.2, 0.25) is 0 Å². The Morgan fingerprint density at radius 1 is 1.22 bits per heavy atom. The Morgan fingerprint density at radius 2 is 1.85 bits per heavy atom. The van der Waals surface area contributed by atoms with Crippen LogP contribution in [0.1, 0.15) is 45.6 Å².